The molecule has 0 spiro atoms. The third-order valence-corrected chi connectivity index (χ3v) is 4.44. The number of alkyl halides is 1. The van der Waals surface area contributed by atoms with E-state index >= 15 is 0 Å². The minimum Gasteiger partial charge on any atom is -0.423 e. The van der Waals surface area contributed by atoms with Crippen molar-refractivity contribution in [3.8, 4) is 0 Å². The van der Waals surface area contributed by atoms with E-state index in [4.69, 9.17) is 9.15 Å². The van der Waals surface area contributed by atoms with Crippen molar-refractivity contribution in [2.75, 3.05) is 37.7 Å². The first kappa shape index (κ1) is 15.3. The molecule has 6 nitrogen and oxygen atoms in total. The van der Waals surface area contributed by atoms with E-state index in [2.05, 4.69) is 4.98 Å². The molecule has 2 saturated heterocycles. The average molecular weight is 337 g/mol. The van der Waals surface area contributed by atoms with Crippen molar-refractivity contribution >= 4 is 23.0 Å². The van der Waals surface area contributed by atoms with Crippen LogP contribution in [0.2, 0.25) is 0 Å². The molecule has 3 heterocycles. The number of ether oxygens (including phenoxy) is 1. The van der Waals surface area contributed by atoms with Crippen molar-refractivity contribution in [2.45, 2.75) is 18.6 Å². The van der Waals surface area contributed by atoms with Gasteiger partial charge in [0.15, 0.2) is 5.58 Å². The standard InChI is InChI=1S/C16H17F2N3O3/c17-10-1-2-14-12(7-10)19-16(24-14)21-9-11(18)8-13(21)15(22)20-3-5-23-6-4-20/h1-2,7,11,13H,3-6,8-9H2/t11-,13+/m1/s1. The number of fused-ring (bicyclic) bond motifs is 1. The molecule has 8 heteroatoms. The first-order chi connectivity index (χ1) is 11.6. The maximum absolute atomic E-state index is 14.0. The van der Waals surface area contributed by atoms with Crippen molar-refractivity contribution in [1.82, 2.24) is 9.88 Å². The van der Waals surface area contributed by atoms with Gasteiger partial charge in [-0.1, -0.05) is 0 Å². The number of carbonyl (C=O) groups is 1. The molecule has 2 atom stereocenters. The van der Waals surface area contributed by atoms with Crippen LogP contribution in [-0.4, -0.2) is 60.9 Å². The van der Waals surface area contributed by atoms with E-state index in [9.17, 15) is 13.6 Å². The van der Waals surface area contributed by atoms with E-state index < -0.39 is 18.0 Å². The fourth-order valence-corrected chi connectivity index (χ4v) is 3.24. The van der Waals surface area contributed by atoms with Gasteiger partial charge in [0.25, 0.3) is 6.01 Å². The molecule has 0 aliphatic carbocycles. The molecular weight excluding hydrogens is 320 g/mol. The molecule has 0 radical (unpaired) electrons. The summed E-state index contributed by atoms with van der Waals surface area (Å²) in [5, 5.41) is 0. The van der Waals surface area contributed by atoms with Crippen LogP contribution in [0.15, 0.2) is 22.6 Å². The molecule has 24 heavy (non-hydrogen) atoms. The first-order valence-corrected chi connectivity index (χ1v) is 7.95. The van der Waals surface area contributed by atoms with Crippen LogP contribution in [0.4, 0.5) is 14.8 Å². The predicted molar refractivity (Wildman–Crippen MR) is 82.0 cm³/mol. The van der Waals surface area contributed by atoms with E-state index in [-0.39, 0.29) is 24.9 Å². The van der Waals surface area contributed by atoms with Crippen LogP contribution in [0, 0.1) is 5.82 Å². The molecule has 0 N–H and O–H groups in total. The highest BCUT2D eigenvalue weighted by molar-refractivity contribution is 5.86. The number of nitrogens with zero attached hydrogens (tertiary/aromatic N) is 3. The summed E-state index contributed by atoms with van der Waals surface area (Å²) in [5.41, 5.74) is 0.760. The highest BCUT2D eigenvalue weighted by atomic mass is 19.1. The number of hydrogen-bond acceptors (Lipinski definition) is 5. The average Bonchev–Trinajstić information content (AvgIpc) is 3.17. The number of amides is 1. The third-order valence-electron chi connectivity index (χ3n) is 4.44. The Kier molecular flexibility index (Phi) is 3.84. The maximum Gasteiger partial charge on any atom is 0.299 e. The van der Waals surface area contributed by atoms with Crippen molar-refractivity contribution in [2.24, 2.45) is 0 Å². The molecule has 2 aliphatic rings. The largest absolute Gasteiger partial charge is 0.423 e. The van der Waals surface area contributed by atoms with Gasteiger partial charge in [-0.3, -0.25) is 4.79 Å². The second-order valence-electron chi connectivity index (χ2n) is 6.05. The predicted octanol–water partition coefficient (Wildman–Crippen LogP) is 1.74. The van der Waals surface area contributed by atoms with Crippen LogP contribution in [0.25, 0.3) is 11.1 Å². The molecule has 2 aliphatic heterocycles. The Bertz CT molecular complexity index is 760. The Labute approximate surface area is 137 Å². The fourth-order valence-electron chi connectivity index (χ4n) is 3.24. The van der Waals surface area contributed by atoms with Gasteiger partial charge in [-0.05, 0) is 12.1 Å². The molecule has 128 valence electrons. The van der Waals surface area contributed by atoms with Gasteiger partial charge in [0.05, 0.1) is 19.8 Å². The van der Waals surface area contributed by atoms with E-state index in [0.29, 0.717) is 37.4 Å². The molecule has 2 fully saturated rings. The highest BCUT2D eigenvalue weighted by Crippen LogP contribution is 2.31. The van der Waals surface area contributed by atoms with Crippen LogP contribution >= 0.6 is 0 Å². The first-order valence-electron chi connectivity index (χ1n) is 7.95. The smallest absolute Gasteiger partial charge is 0.299 e. The summed E-state index contributed by atoms with van der Waals surface area (Å²) < 4.78 is 38.2. The van der Waals surface area contributed by atoms with Gasteiger partial charge in [0, 0.05) is 25.6 Å². The lowest BCUT2D eigenvalue weighted by molar-refractivity contribution is -0.136. The molecular formula is C16H17F2N3O3. The van der Waals surface area contributed by atoms with Gasteiger partial charge in [-0.25, -0.2) is 8.78 Å². The number of halogens is 2. The van der Waals surface area contributed by atoms with Crippen LogP contribution in [-0.2, 0) is 9.53 Å². The lowest BCUT2D eigenvalue weighted by atomic mass is 10.1. The number of hydrogen-bond donors (Lipinski definition) is 0. The number of aromatic nitrogens is 1. The highest BCUT2D eigenvalue weighted by Gasteiger charge is 2.41. The van der Waals surface area contributed by atoms with Gasteiger partial charge in [0.1, 0.15) is 23.5 Å². The van der Waals surface area contributed by atoms with Crippen molar-refractivity contribution < 1.29 is 22.7 Å². The summed E-state index contributed by atoms with van der Waals surface area (Å²) in [5.74, 6) is -0.569. The zero-order chi connectivity index (χ0) is 16.7. The number of oxazole rings is 1. The van der Waals surface area contributed by atoms with E-state index in [0.717, 1.165) is 0 Å². The number of benzene rings is 1. The Hall–Kier alpha value is -2.22. The number of morpholine rings is 1. The molecule has 1 aromatic heterocycles. The summed E-state index contributed by atoms with van der Waals surface area (Å²) in [4.78, 5) is 20.2. The summed E-state index contributed by atoms with van der Waals surface area (Å²) in [6, 6.07) is 3.50. The van der Waals surface area contributed by atoms with Crippen molar-refractivity contribution in [1.29, 1.82) is 0 Å². The third kappa shape index (κ3) is 2.71. The molecule has 0 bridgehead atoms. The van der Waals surface area contributed by atoms with Gasteiger partial charge in [-0.15, -0.1) is 0 Å². The molecule has 0 unspecified atom stereocenters. The minimum absolute atomic E-state index is 0.0377. The lowest BCUT2D eigenvalue weighted by Crippen LogP contribution is -2.49. The zero-order valence-corrected chi connectivity index (χ0v) is 13.0. The van der Waals surface area contributed by atoms with Crippen LogP contribution in [0.1, 0.15) is 6.42 Å². The Morgan fingerprint density at radius 2 is 2.08 bits per heavy atom. The van der Waals surface area contributed by atoms with Gasteiger partial charge < -0.3 is 19.0 Å². The Morgan fingerprint density at radius 1 is 1.29 bits per heavy atom. The second-order valence-corrected chi connectivity index (χ2v) is 6.05. The Balaban J connectivity index is 1.62. The van der Waals surface area contributed by atoms with E-state index in [1.54, 1.807) is 9.80 Å². The van der Waals surface area contributed by atoms with Crippen molar-refractivity contribution in [3.63, 3.8) is 0 Å². The van der Waals surface area contributed by atoms with Gasteiger partial charge in [0.2, 0.25) is 5.91 Å². The zero-order valence-electron chi connectivity index (χ0n) is 13.0. The van der Waals surface area contributed by atoms with Gasteiger partial charge in [-0.2, -0.15) is 4.98 Å². The lowest BCUT2D eigenvalue weighted by Gasteiger charge is -2.31. The van der Waals surface area contributed by atoms with Crippen molar-refractivity contribution in [3.05, 3.63) is 24.0 Å². The summed E-state index contributed by atoms with van der Waals surface area (Å²) in [6.07, 6.45) is -1.03. The van der Waals surface area contributed by atoms with Crippen LogP contribution < -0.4 is 4.90 Å². The van der Waals surface area contributed by atoms with Crippen LogP contribution in [0.5, 0.6) is 0 Å². The van der Waals surface area contributed by atoms with Gasteiger partial charge >= 0.3 is 0 Å². The summed E-state index contributed by atoms with van der Waals surface area (Å²) in [6.45, 7) is 2.01. The number of rotatable bonds is 2. The number of anilines is 1. The molecule has 4 rings (SSSR count). The SMILES string of the molecule is O=C([C@@H]1C[C@@H](F)CN1c1nc2cc(F)ccc2o1)N1CCOCC1. The monoisotopic (exact) mass is 337 g/mol. The Morgan fingerprint density at radius 3 is 2.88 bits per heavy atom. The fraction of sp³-hybridized carbons (Fsp3) is 0.500. The topological polar surface area (TPSA) is 58.8 Å². The summed E-state index contributed by atoms with van der Waals surface area (Å²) in [7, 11) is 0. The second kappa shape index (κ2) is 6.01. The molecule has 2 aromatic rings. The van der Waals surface area contributed by atoms with E-state index in [1.807, 2.05) is 0 Å². The minimum atomic E-state index is -1.13. The quantitative estimate of drug-likeness (QED) is 0.835. The molecule has 1 aromatic carbocycles. The molecule has 1 amide bonds. The maximum atomic E-state index is 14.0. The number of carbonyl (C=O) groups excluding carboxylic acids is 1. The van der Waals surface area contributed by atoms with E-state index in [1.165, 1.54) is 18.2 Å². The molecule has 0 saturated carbocycles. The summed E-state index contributed by atoms with van der Waals surface area (Å²) >= 11 is 0. The normalized spacial score (nSPS) is 24.8. The van der Waals surface area contributed by atoms with Crippen LogP contribution in [0.3, 0.4) is 0 Å².